The highest BCUT2D eigenvalue weighted by atomic mass is 16.1. The minimum absolute atomic E-state index is 0.0367. The van der Waals surface area contributed by atoms with Crippen molar-refractivity contribution in [3.8, 4) is 0 Å². The van der Waals surface area contributed by atoms with Gasteiger partial charge < -0.3 is 14.8 Å². The molecular formula is C24H30N8O. The second-order valence-corrected chi connectivity index (χ2v) is 9.82. The third-order valence-corrected chi connectivity index (χ3v) is 7.70. The molecule has 3 atom stereocenters. The number of fused-ring (bicyclic) bond motifs is 2. The molecule has 2 unspecified atom stereocenters. The fourth-order valence-corrected chi connectivity index (χ4v) is 5.80. The van der Waals surface area contributed by atoms with Gasteiger partial charge in [0.15, 0.2) is 0 Å². The van der Waals surface area contributed by atoms with E-state index >= 15 is 0 Å². The average molecular weight is 447 g/mol. The summed E-state index contributed by atoms with van der Waals surface area (Å²) < 4.78 is 3.81. The van der Waals surface area contributed by atoms with Crippen molar-refractivity contribution in [1.29, 1.82) is 0 Å². The standard InChI is InChI=1S/C24H30N8O/c1-15-18(8-25-24(28-15)31-10-16-4-3-5-17(16)11-31)12-32-13-19(9-27-32)23(33)29-20-6-7-21-22(20)26-14-30(21)2/h8-9,13-14,16-17,20H,3-7,10-12H2,1-2H3,(H,29,33)/t16?,17?,20-/m1/s1. The van der Waals surface area contributed by atoms with Gasteiger partial charge in [-0.2, -0.15) is 5.10 Å². The molecule has 1 N–H and O–H groups in total. The van der Waals surface area contributed by atoms with Crippen LogP contribution in [-0.2, 0) is 20.0 Å². The maximum atomic E-state index is 12.8. The fourth-order valence-electron chi connectivity index (χ4n) is 5.80. The molecule has 0 radical (unpaired) electrons. The number of amides is 1. The number of nitrogens with zero attached hydrogens (tertiary/aromatic N) is 7. The van der Waals surface area contributed by atoms with E-state index in [-0.39, 0.29) is 11.9 Å². The topological polar surface area (TPSA) is 93.8 Å². The van der Waals surface area contributed by atoms with Crippen molar-refractivity contribution in [1.82, 2.24) is 34.6 Å². The highest BCUT2D eigenvalue weighted by Gasteiger charge is 2.37. The molecule has 2 aliphatic carbocycles. The third kappa shape index (κ3) is 3.69. The van der Waals surface area contributed by atoms with Gasteiger partial charge in [0.1, 0.15) is 0 Å². The Morgan fingerprint density at radius 1 is 1.15 bits per heavy atom. The maximum absolute atomic E-state index is 12.8. The average Bonchev–Trinajstić information content (AvgIpc) is 3.59. The second kappa shape index (κ2) is 7.97. The van der Waals surface area contributed by atoms with E-state index in [4.69, 9.17) is 4.98 Å². The van der Waals surface area contributed by atoms with Gasteiger partial charge in [-0.1, -0.05) is 6.42 Å². The molecule has 9 heteroatoms. The van der Waals surface area contributed by atoms with E-state index in [1.165, 1.54) is 25.0 Å². The Labute approximate surface area is 193 Å². The second-order valence-electron chi connectivity index (χ2n) is 9.82. The highest BCUT2D eigenvalue weighted by Crippen LogP contribution is 2.38. The van der Waals surface area contributed by atoms with Crippen LogP contribution in [0.3, 0.4) is 0 Å². The quantitative estimate of drug-likeness (QED) is 0.647. The van der Waals surface area contributed by atoms with Crippen molar-refractivity contribution < 1.29 is 4.79 Å². The smallest absolute Gasteiger partial charge is 0.255 e. The first kappa shape index (κ1) is 20.4. The number of anilines is 1. The van der Waals surface area contributed by atoms with Gasteiger partial charge in [-0.15, -0.1) is 0 Å². The molecule has 0 spiro atoms. The van der Waals surface area contributed by atoms with Gasteiger partial charge in [0.25, 0.3) is 5.91 Å². The summed E-state index contributed by atoms with van der Waals surface area (Å²) in [4.78, 5) is 29.1. The molecule has 0 aromatic carbocycles. The third-order valence-electron chi connectivity index (χ3n) is 7.70. The highest BCUT2D eigenvalue weighted by molar-refractivity contribution is 5.94. The monoisotopic (exact) mass is 446 g/mol. The zero-order chi connectivity index (χ0) is 22.5. The van der Waals surface area contributed by atoms with Crippen molar-refractivity contribution in [3.63, 3.8) is 0 Å². The van der Waals surface area contributed by atoms with Gasteiger partial charge in [-0.05, 0) is 44.4 Å². The summed E-state index contributed by atoms with van der Waals surface area (Å²) in [7, 11) is 1.99. The molecule has 3 aliphatic rings. The van der Waals surface area contributed by atoms with Crippen LogP contribution in [0, 0.1) is 18.8 Å². The lowest BCUT2D eigenvalue weighted by Crippen LogP contribution is -2.27. The Morgan fingerprint density at radius 3 is 2.76 bits per heavy atom. The predicted octanol–water partition coefficient (Wildman–Crippen LogP) is 2.42. The van der Waals surface area contributed by atoms with Gasteiger partial charge >= 0.3 is 0 Å². The molecule has 2 fully saturated rings. The lowest BCUT2D eigenvalue weighted by Gasteiger charge is -2.18. The Balaban J connectivity index is 1.10. The molecule has 0 bridgehead atoms. The minimum Gasteiger partial charge on any atom is -0.343 e. The summed E-state index contributed by atoms with van der Waals surface area (Å²) >= 11 is 0. The van der Waals surface area contributed by atoms with E-state index in [9.17, 15) is 4.79 Å². The largest absolute Gasteiger partial charge is 0.343 e. The zero-order valence-corrected chi connectivity index (χ0v) is 19.2. The fraction of sp³-hybridized carbons (Fsp3) is 0.542. The van der Waals surface area contributed by atoms with E-state index in [2.05, 4.69) is 25.3 Å². The first-order chi connectivity index (χ1) is 16.0. The molecule has 33 heavy (non-hydrogen) atoms. The number of hydrogen-bond acceptors (Lipinski definition) is 6. The Morgan fingerprint density at radius 2 is 1.97 bits per heavy atom. The summed E-state index contributed by atoms with van der Waals surface area (Å²) in [6.45, 7) is 4.74. The number of carbonyl (C=O) groups is 1. The molecular weight excluding hydrogens is 416 g/mol. The molecule has 1 amide bonds. The Hall–Kier alpha value is -3.23. The normalized spacial score (nSPS) is 23.7. The van der Waals surface area contributed by atoms with Crippen LogP contribution < -0.4 is 10.2 Å². The molecule has 172 valence electrons. The van der Waals surface area contributed by atoms with Crippen molar-refractivity contribution in [2.24, 2.45) is 18.9 Å². The number of aryl methyl sites for hydroxylation is 2. The van der Waals surface area contributed by atoms with Crippen LogP contribution in [0.5, 0.6) is 0 Å². The number of nitrogens with one attached hydrogen (secondary N) is 1. The van der Waals surface area contributed by atoms with Crippen LogP contribution >= 0.6 is 0 Å². The summed E-state index contributed by atoms with van der Waals surface area (Å²) in [6.07, 6.45) is 13.0. The molecule has 1 aliphatic heterocycles. The van der Waals surface area contributed by atoms with Gasteiger partial charge in [0.05, 0.1) is 36.4 Å². The Bertz CT molecular complexity index is 1190. The van der Waals surface area contributed by atoms with Crippen molar-refractivity contribution >= 4 is 11.9 Å². The van der Waals surface area contributed by atoms with Crippen LogP contribution in [0.15, 0.2) is 24.9 Å². The predicted molar refractivity (Wildman–Crippen MR) is 123 cm³/mol. The molecule has 6 rings (SSSR count). The van der Waals surface area contributed by atoms with E-state index in [1.807, 2.05) is 31.1 Å². The molecule has 9 nitrogen and oxygen atoms in total. The summed E-state index contributed by atoms with van der Waals surface area (Å²) in [6, 6.07) is -0.0367. The van der Waals surface area contributed by atoms with E-state index in [0.29, 0.717) is 12.1 Å². The number of imidazole rings is 1. The lowest BCUT2D eigenvalue weighted by atomic mass is 10.0. The maximum Gasteiger partial charge on any atom is 0.255 e. The molecule has 1 saturated carbocycles. The lowest BCUT2D eigenvalue weighted by molar-refractivity contribution is 0.0936. The van der Waals surface area contributed by atoms with Gasteiger partial charge in [-0.25, -0.2) is 15.0 Å². The Kier molecular flexibility index (Phi) is 4.92. The minimum atomic E-state index is -0.118. The van der Waals surface area contributed by atoms with Crippen molar-refractivity contribution in [2.75, 3.05) is 18.0 Å². The summed E-state index contributed by atoms with van der Waals surface area (Å²) in [5, 5.41) is 7.52. The molecule has 3 aromatic heterocycles. The van der Waals surface area contributed by atoms with Crippen LogP contribution in [0.1, 0.15) is 64.7 Å². The zero-order valence-electron chi connectivity index (χ0n) is 19.2. The van der Waals surface area contributed by atoms with E-state index in [0.717, 1.165) is 60.7 Å². The number of hydrogen-bond donors (Lipinski definition) is 1. The van der Waals surface area contributed by atoms with Crippen LogP contribution in [0.2, 0.25) is 0 Å². The van der Waals surface area contributed by atoms with Gasteiger partial charge in [0.2, 0.25) is 5.95 Å². The van der Waals surface area contributed by atoms with Gasteiger partial charge in [0, 0.05) is 49.5 Å². The first-order valence-electron chi connectivity index (χ1n) is 12.0. The number of aromatic nitrogens is 6. The SMILES string of the molecule is Cc1nc(N2CC3CCCC3C2)ncc1Cn1cc(C(=O)N[C@@H]2CCc3c2ncn3C)cn1. The van der Waals surface area contributed by atoms with E-state index < -0.39 is 0 Å². The number of carbonyl (C=O) groups excluding carboxylic acids is 1. The summed E-state index contributed by atoms with van der Waals surface area (Å²) in [5.74, 6) is 2.36. The van der Waals surface area contributed by atoms with Crippen molar-refractivity contribution in [3.05, 3.63) is 53.1 Å². The number of rotatable bonds is 5. The van der Waals surface area contributed by atoms with Crippen LogP contribution in [-0.4, -0.2) is 48.3 Å². The molecule has 1 saturated heterocycles. The first-order valence-corrected chi connectivity index (χ1v) is 12.0. The molecule has 3 aromatic rings. The van der Waals surface area contributed by atoms with E-state index in [1.54, 1.807) is 17.1 Å². The summed E-state index contributed by atoms with van der Waals surface area (Å²) in [5.41, 5.74) is 4.72. The van der Waals surface area contributed by atoms with Crippen molar-refractivity contribution in [2.45, 2.75) is 51.6 Å². The molecule has 4 heterocycles. The van der Waals surface area contributed by atoms with Crippen LogP contribution in [0.4, 0.5) is 5.95 Å². The van der Waals surface area contributed by atoms with Crippen LogP contribution in [0.25, 0.3) is 0 Å². The van der Waals surface area contributed by atoms with Gasteiger partial charge in [-0.3, -0.25) is 9.48 Å².